The monoisotopic (exact) mass is 434 g/mol. The fourth-order valence-electron chi connectivity index (χ4n) is 2.50. The Morgan fingerprint density at radius 2 is 1.69 bits per heavy atom. The van der Waals surface area contributed by atoms with Crippen LogP contribution in [0.3, 0.4) is 0 Å². The van der Waals surface area contributed by atoms with Gasteiger partial charge in [-0.3, -0.25) is 0 Å². The van der Waals surface area contributed by atoms with Crippen molar-refractivity contribution in [1.29, 1.82) is 0 Å². The molecule has 0 unspecified atom stereocenters. The Balaban J connectivity index is 1.81. The van der Waals surface area contributed by atoms with Crippen molar-refractivity contribution < 1.29 is 22.1 Å². The molecule has 5 nitrogen and oxygen atoms in total. The van der Waals surface area contributed by atoms with Crippen LogP contribution in [0, 0.1) is 0 Å². The minimum Gasteiger partial charge on any atom is -0.465 e. The summed E-state index contributed by atoms with van der Waals surface area (Å²) in [5.41, 5.74) is 0.862. The van der Waals surface area contributed by atoms with E-state index in [1.165, 1.54) is 19.2 Å². The van der Waals surface area contributed by atoms with Crippen molar-refractivity contribution in [1.82, 2.24) is 0 Å². The standard InChI is InChI=1S/C19H15BrO5S/c1-24-19(21)15-8-6-13(7-9-15)12-26(22,23)25-17-11-10-14-4-2-3-5-16(14)18(17)20/h2-11H,12H2,1H3. The Hall–Kier alpha value is -2.38. The topological polar surface area (TPSA) is 69.7 Å². The summed E-state index contributed by atoms with van der Waals surface area (Å²) in [4.78, 5) is 11.4. The van der Waals surface area contributed by atoms with Gasteiger partial charge < -0.3 is 8.92 Å². The number of hydrogen-bond acceptors (Lipinski definition) is 5. The van der Waals surface area contributed by atoms with Gasteiger partial charge in [0.25, 0.3) is 0 Å². The third-order valence-electron chi connectivity index (χ3n) is 3.76. The first-order valence-corrected chi connectivity index (χ1v) is 10.0. The maximum absolute atomic E-state index is 12.4. The minimum absolute atomic E-state index is 0.231. The minimum atomic E-state index is -3.86. The molecule has 0 aliphatic carbocycles. The first-order valence-electron chi connectivity index (χ1n) is 7.66. The largest absolute Gasteiger partial charge is 0.465 e. The highest BCUT2D eigenvalue weighted by molar-refractivity contribution is 9.10. The zero-order valence-corrected chi connectivity index (χ0v) is 16.2. The van der Waals surface area contributed by atoms with Crippen LogP contribution in [0.15, 0.2) is 65.1 Å². The predicted molar refractivity (Wildman–Crippen MR) is 103 cm³/mol. The normalized spacial score (nSPS) is 11.3. The number of ether oxygens (including phenoxy) is 1. The number of benzene rings is 3. The van der Waals surface area contributed by atoms with E-state index in [4.69, 9.17) is 4.18 Å². The summed E-state index contributed by atoms with van der Waals surface area (Å²) in [7, 11) is -2.58. The van der Waals surface area contributed by atoms with E-state index < -0.39 is 16.1 Å². The van der Waals surface area contributed by atoms with Crippen LogP contribution >= 0.6 is 15.9 Å². The molecule has 0 bridgehead atoms. The Morgan fingerprint density at radius 1 is 1.00 bits per heavy atom. The van der Waals surface area contributed by atoms with Gasteiger partial charge in [0.2, 0.25) is 0 Å². The number of fused-ring (bicyclic) bond motifs is 1. The first kappa shape index (κ1) is 18.4. The van der Waals surface area contributed by atoms with Gasteiger partial charge in [-0.2, -0.15) is 8.42 Å². The molecule has 0 saturated heterocycles. The number of carbonyl (C=O) groups is 1. The summed E-state index contributed by atoms with van der Waals surface area (Å²) in [5.74, 6) is -0.557. The second kappa shape index (κ2) is 7.47. The average molecular weight is 435 g/mol. The van der Waals surface area contributed by atoms with E-state index in [0.717, 1.165) is 10.8 Å². The second-order valence-electron chi connectivity index (χ2n) is 5.57. The van der Waals surface area contributed by atoms with Crippen LogP contribution in [-0.2, 0) is 20.6 Å². The molecule has 0 N–H and O–H groups in total. The van der Waals surface area contributed by atoms with Crippen molar-refractivity contribution in [2.24, 2.45) is 0 Å². The molecular weight excluding hydrogens is 420 g/mol. The molecule has 0 spiro atoms. The lowest BCUT2D eigenvalue weighted by Gasteiger charge is -2.11. The fraction of sp³-hybridized carbons (Fsp3) is 0.105. The van der Waals surface area contributed by atoms with Gasteiger partial charge in [-0.1, -0.05) is 42.5 Å². The third kappa shape index (κ3) is 4.05. The number of methoxy groups -OCH3 is 1. The smallest absolute Gasteiger partial charge is 0.337 e. The Bertz CT molecular complexity index is 1060. The molecule has 0 aliphatic heterocycles. The molecule has 7 heteroatoms. The molecule has 26 heavy (non-hydrogen) atoms. The zero-order valence-electron chi connectivity index (χ0n) is 13.8. The van der Waals surface area contributed by atoms with Crippen LogP contribution < -0.4 is 4.18 Å². The summed E-state index contributed by atoms with van der Waals surface area (Å²) < 4.78 is 35.3. The van der Waals surface area contributed by atoms with Gasteiger partial charge in [0.15, 0.2) is 5.75 Å². The summed E-state index contributed by atoms with van der Waals surface area (Å²) in [6.45, 7) is 0. The molecule has 0 amide bonds. The number of esters is 1. The van der Waals surface area contributed by atoms with E-state index in [0.29, 0.717) is 15.6 Å². The van der Waals surface area contributed by atoms with Crippen molar-refractivity contribution >= 4 is 42.8 Å². The Morgan fingerprint density at radius 3 is 2.38 bits per heavy atom. The van der Waals surface area contributed by atoms with Gasteiger partial charge in [-0.15, -0.1) is 0 Å². The molecule has 0 fully saturated rings. The van der Waals surface area contributed by atoms with Gasteiger partial charge in [-0.05, 0) is 50.5 Å². The molecule has 134 valence electrons. The third-order valence-corrected chi connectivity index (χ3v) is 5.70. The lowest BCUT2D eigenvalue weighted by molar-refractivity contribution is 0.0600. The number of halogens is 1. The SMILES string of the molecule is COC(=O)c1ccc(CS(=O)(=O)Oc2ccc3ccccc3c2Br)cc1. The zero-order chi connectivity index (χ0) is 18.7. The summed E-state index contributed by atoms with van der Waals surface area (Å²) in [6, 6.07) is 17.2. The number of rotatable bonds is 5. The van der Waals surface area contributed by atoms with Gasteiger partial charge in [0.1, 0.15) is 5.75 Å². The summed E-state index contributed by atoms with van der Waals surface area (Å²) in [6.07, 6.45) is 0. The highest BCUT2D eigenvalue weighted by Gasteiger charge is 2.17. The molecule has 3 rings (SSSR count). The van der Waals surface area contributed by atoms with Crippen LogP contribution in [0.1, 0.15) is 15.9 Å². The van der Waals surface area contributed by atoms with E-state index in [1.54, 1.807) is 24.3 Å². The molecule has 0 aromatic heterocycles. The van der Waals surface area contributed by atoms with Gasteiger partial charge >= 0.3 is 16.1 Å². The molecule has 0 heterocycles. The van der Waals surface area contributed by atoms with Gasteiger partial charge in [0.05, 0.1) is 17.1 Å². The van der Waals surface area contributed by atoms with E-state index in [-0.39, 0.29) is 11.5 Å². The Kier molecular flexibility index (Phi) is 5.29. The predicted octanol–water partition coefficient (Wildman–Crippen LogP) is 4.30. The first-order chi connectivity index (χ1) is 12.4. The van der Waals surface area contributed by atoms with Crippen molar-refractivity contribution in [2.45, 2.75) is 5.75 Å². The highest BCUT2D eigenvalue weighted by atomic mass is 79.9. The average Bonchev–Trinajstić information content (AvgIpc) is 2.64. The highest BCUT2D eigenvalue weighted by Crippen LogP contribution is 2.34. The van der Waals surface area contributed by atoms with E-state index >= 15 is 0 Å². The maximum atomic E-state index is 12.4. The summed E-state index contributed by atoms with van der Waals surface area (Å²) in [5, 5.41) is 1.84. The molecular formula is C19H15BrO5S. The van der Waals surface area contributed by atoms with E-state index in [2.05, 4.69) is 20.7 Å². The van der Waals surface area contributed by atoms with Crippen LogP contribution in [0.5, 0.6) is 5.75 Å². The van der Waals surface area contributed by atoms with Crippen molar-refractivity contribution in [2.75, 3.05) is 7.11 Å². The van der Waals surface area contributed by atoms with Crippen LogP contribution in [-0.4, -0.2) is 21.5 Å². The number of carbonyl (C=O) groups excluding carboxylic acids is 1. The van der Waals surface area contributed by atoms with Gasteiger partial charge in [0, 0.05) is 0 Å². The van der Waals surface area contributed by atoms with E-state index in [9.17, 15) is 13.2 Å². The molecule has 3 aromatic rings. The van der Waals surface area contributed by atoms with Crippen LogP contribution in [0.25, 0.3) is 10.8 Å². The molecule has 0 atom stereocenters. The lowest BCUT2D eigenvalue weighted by Crippen LogP contribution is -2.12. The maximum Gasteiger partial charge on any atom is 0.337 e. The Labute approximate surface area is 159 Å². The van der Waals surface area contributed by atoms with Crippen molar-refractivity contribution in [3.63, 3.8) is 0 Å². The fourth-order valence-corrected chi connectivity index (χ4v) is 4.26. The quantitative estimate of drug-likeness (QED) is 0.442. The molecule has 0 aliphatic rings. The van der Waals surface area contributed by atoms with Crippen molar-refractivity contribution in [3.8, 4) is 5.75 Å². The molecule has 0 radical (unpaired) electrons. The van der Waals surface area contributed by atoms with Gasteiger partial charge in [-0.25, -0.2) is 4.79 Å². The molecule has 3 aromatic carbocycles. The second-order valence-corrected chi connectivity index (χ2v) is 7.94. The van der Waals surface area contributed by atoms with Crippen LogP contribution in [0.2, 0.25) is 0 Å². The summed E-state index contributed by atoms with van der Waals surface area (Å²) >= 11 is 3.41. The lowest BCUT2D eigenvalue weighted by atomic mass is 10.1. The van der Waals surface area contributed by atoms with E-state index in [1.807, 2.05) is 24.3 Å². The van der Waals surface area contributed by atoms with Crippen LogP contribution in [0.4, 0.5) is 0 Å². The molecule has 0 saturated carbocycles. The number of hydrogen-bond donors (Lipinski definition) is 0. The van der Waals surface area contributed by atoms with Crippen molar-refractivity contribution in [3.05, 3.63) is 76.3 Å².